The van der Waals surface area contributed by atoms with Gasteiger partial charge in [-0.2, -0.15) is 9.28 Å². The zero-order valence-corrected chi connectivity index (χ0v) is 14.0. The highest BCUT2D eigenvalue weighted by atomic mass is 16.6. The molecule has 1 rings (SSSR count). The molecule has 8 heteroatoms. The average Bonchev–Trinajstić information content (AvgIpc) is 2.44. The second-order valence-corrected chi connectivity index (χ2v) is 6.78. The van der Waals surface area contributed by atoms with Crippen LogP contribution in [0, 0.1) is 5.92 Å². The molecule has 3 atom stereocenters. The first kappa shape index (κ1) is 19.4. The van der Waals surface area contributed by atoms with Crippen LogP contribution in [0.1, 0.15) is 40.0 Å². The van der Waals surface area contributed by atoms with E-state index in [1.165, 1.54) is 0 Å². The van der Waals surface area contributed by atoms with Gasteiger partial charge in [-0.3, -0.25) is 0 Å². The van der Waals surface area contributed by atoms with Gasteiger partial charge in [0.2, 0.25) is 6.04 Å². The fourth-order valence-electron chi connectivity index (χ4n) is 2.87. The summed E-state index contributed by atoms with van der Waals surface area (Å²) >= 11 is 0. The summed E-state index contributed by atoms with van der Waals surface area (Å²) in [6, 6.07) is -1.25. The number of carboxylic acid groups (broad SMARTS) is 1. The Bertz CT molecular complexity index is 471. The van der Waals surface area contributed by atoms with Crippen molar-refractivity contribution in [2.24, 2.45) is 5.92 Å². The summed E-state index contributed by atoms with van der Waals surface area (Å²) < 4.78 is 8.67. The first-order valence-electron chi connectivity index (χ1n) is 7.60. The SMILES string of the molecule is COC(=O)[C@H]1CC(CCO)CC[N@+]1(C(=O)[O-])C(=O)OC(C)(C)C. The fourth-order valence-corrected chi connectivity index (χ4v) is 2.87. The molecule has 132 valence electrons. The number of likely N-dealkylation sites (tertiary alicyclic amines) is 1. The lowest BCUT2D eigenvalue weighted by molar-refractivity contribution is -0.832. The monoisotopic (exact) mass is 331 g/mol. The number of hydrogen-bond acceptors (Lipinski definition) is 7. The quantitative estimate of drug-likeness (QED) is 0.589. The van der Waals surface area contributed by atoms with Gasteiger partial charge in [-0.1, -0.05) is 0 Å². The number of ether oxygens (including phenoxy) is 2. The van der Waals surface area contributed by atoms with Crippen molar-refractivity contribution in [2.75, 3.05) is 20.3 Å². The van der Waals surface area contributed by atoms with Crippen LogP contribution in [0.3, 0.4) is 0 Å². The van der Waals surface area contributed by atoms with Gasteiger partial charge in [-0.15, -0.1) is 0 Å². The molecule has 1 fully saturated rings. The number of rotatable bonds is 3. The van der Waals surface area contributed by atoms with Crippen molar-refractivity contribution in [3.05, 3.63) is 0 Å². The van der Waals surface area contributed by atoms with E-state index in [0.29, 0.717) is 12.8 Å². The van der Waals surface area contributed by atoms with Gasteiger partial charge in [-0.25, -0.2) is 4.79 Å². The Kier molecular flexibility index (Phi) is 6.12. The molecule has 2 amide bonds. The number of carbonyl (C=O) groups is 3. The van der Waals surface area contributed by atoms with E-state index >= 15 is 0 Å². The standard InChI is InChI=1S/C15H25NO7/c1-15(2,3)23-14(21)16(13(19)20)7-5-10(6-8-17)9-11(16)12(18)22-4/h10-11,17H,5-9H2,1-4H3/t10?,11-,16+/m1/s1. The van der Waals surface area contributed by atoms with E-state index in [9.17, 15) is 19.5 Å². The van der Waals surface area contributed by atoms with Gasteiger partial charge >= 0.3 is 12.1 Å². The minimum Gasteiger partial charge on any atom is -0.498 e. The highest BCUT2D eigenvalue weighted by molar-refractivity contribution is 5.83. The van der Waals surface area contributed by atoms with Crippen LogP contribution in [0.2, 0.25) is 0 Å². The second kappa shape index (κ2) is 7.27. The predicted octanol–water partition coefficient (Wildman–Crippen LogP) is 0.416. The number of nitrogens with zero attached hydrogens (tertiary/aromatic N) is 1. The zero-order valence-electron chi connectivity index (χ0n) is 14.0. The number of imide groups is 1. The molecule has 0 bridgehead atoms. The lowest BCUT2D eigenvalue weighted by atomic mass is 9.87. The molecule has 0 aromatic rings. The highest BCUT2D eigenvalue weighted by Crippen LogP contribution is 2.34. The Labute approximate surface area is 135 Å². The van der Waals surface area contributed by atoms with Crippen LogP contribution >= 0.6 is 0 Å². The van der Waals surface area contributed by atoms with Crippen LogP contribution in [0.5, 0.6) is 0 Å². The van der Waals surface area contributed by atoms with Crippen LogP contribution in [0.15, 0.2) is 0 Å². The predicted molar refractivity (Wildman–Crippen MR) is 77.0 cm³/mol. The minimum atomic E-state index is -1.68. The first-order chi connectivity index (χ1) is 10.6. The lowest BCUT2D eigenvalue weighted by Gasteiger charge is -2.44. The van der Waals surface area contributed by atoms with E-state index in [4.69, 9.17) is 9.84 Å². The van der Waals surface area contributed by atoms with Crippen LogP contribution < -0.4 is 5.11 Å². The minimum absolute atomic E-state index is 0.0721. The van der Waals surface area contributed by atoms with Crippen LogP contribution in [-0.2, 0) is 14.3 Å². The molecule has 1 aliphatic rings. The van der Waals surface area contributed by atoms with Crippen molar-refractivity contribution < 1.29 is 38.6 Å². The number of aliphatic hydroxyl groups excluding tert-OH is 1. The summed E-state index contributed by atoms with van der Waals surface area (Å²) in [7, 11) is 1.14. The molecule has 1 saturated heterocycles. The summed E-state index contributed by atoms with van der Waals surface area (Å²) in [6.45, 7) is 4.63. The molecule has 0 aromatic carbocycles. The van der Waals surface area contributed by atoms with Crippen molar-refractivity contribution in [1.29, 1.82) is 0 Å². The normalized spacial score (nSPS) is 28.0. The van der Waals surface area contributed by atoms with E-state index in [1.54, 1.807) is 20.8 Å². The molecular formula is C15H25NO7. The Morgan fingerprint density at radius 2 is 1.91 bits per heavy atom. The Morgan fingerprint density at radius 3 is 2.35 bits per heavy atom. The number of quaternary nitrogens is 1. The van der Waals surface area contributed by atoms with Gasteiger partial charge in [0.15, 0.2) is 0 Å². The Morgan fingerprint density at radius 1 is 1.30 bits per heavy atom. The molecule has 0 spiro atoms. The fraction of sp³-hybridized carbons (Fsp3) is 0.800. The summed E-state index contributed by atoms with van der Waals surface area (Å²) in [5.41, 5.74) is -0.902. The third-order valence-electron chi connectivity index (χ3n) is 4.03. The van der Waals surface area contributed by atoms with Crippen LogP contribution in [0.25, 0.3) is 0 Å². The highest BCUT2D eigenvalue weighted by Gasteiger charge is 2.56. The summed E-state index contributed by atoms with van der Waals surface area (Å²) in [5, 5.41) is 20.9. The van der Waals surface area contributed by atoms with Gasteiger partial charge in [0, 0.05) is 19.4 Å². The number of esters is 1. The van der Waals surface area contributed by atoms with Crippen LogP contribution in [0.4, 0.5) is 9.59 Å². The molecule has 0 radical (unpaired) electrons. The van der Waals surface area contributed by atoms with E-state index in [0.717, 1.165) is 7.11 Å². The Hall–Kier alpha value is -1.67. The molecule has 1 N–H and O–H groups in total. The molecule has 1 unspecified atom stereocenters. The molecule has 0 aromatic heterocycles. The van der Waals surface area contributed by atoms with Gasteiger partial charge in [0.1, 0.15) is 5.60 Å². The third kappa shape index (κ3) is 4.20. The van der Waals surface area contributed by atoms with E-state index in [-0.39, 0.29) is 25.5 Å². The largest absolute Gasteiger partial charge is 0.523 e. The number of amides is 2. The number of aliphatic hydroxyl groups is 1. The number of methoxy groups -OCH3 is 1. The summed E-state index contributed by atoms with van der Waals surface area (Å²) in [6.07, 6.45) is -1.82. The number of piperidine rings is 1. The molecule has 0 aliphatic carbocycles. The lowest BCUT2D eigenvalue weighted by Crippen LogP contribution is -2.72. The van der Waals surface area contributed by atoms with E-state index in [1.807, 2.05) is 0 Å². The van der Waals surface area contributed by atoms with Crippen molar-refractivity contribution in [2.45, 2.75) is 51.7 Å². The molecule has 0 saturated carbocycles. The smallest absolute Gasteiger partial charge is 0.498 e. The maximum Gasteiger partial charge on any atom is 0.523 e. The maximum atomic E-state index is 12.5. The van der Waals surface area contributed by atoms with Crippen molar-refractivity contribution in [3.8, 4) is 0 Å². The maximum absolute atomic E-state index is 12.5. The topological polar surface area (TPSA) is 113 Å². The molecule has 23 heavy (non-hydrogen) atoms. The van der Waals surface area contributed by atoms with Crippen LogP contribution in [-0.4, -0.2) is 59.6 Å². The van der Waals surface area contributed by atoms with Crippen molar-refractivity contribution in [3.63, 3.8) is 0 Å². The van der Waals surface area contributed by atoms with E-state index < -0.39 is 34.3 Å². The second-order valence-electron chi connectivity index (χ2n) is 6.78. The number of carbonyl (C=O) groups excluding carboxylic acids is 3. The van der Waals surface area contributed by atoms with Gasteiger partial charge in [0.25, 0.3) is 6.09 Å². The third-order valence-corrected chi connectivity index (χ3v) is 4.03. The van der Waals surface area contributed by atoms with Gasteiger partial charge in [0.05, 0.1) is 13.7 Å². The van der Waals surface area contributed by atoms with E-state index in [2.05, 4.69) is 4.74 Å². The van der Waals surface area contributed by atoms with Gasteiger partial charge in [-0.05, 0) is 33.1 Å². The van der Waals surface area contributed by atoms with Crippen molar-refractivity contribution in [1.82, 2.24) is 0 Å². The molecule has 1 aliphatic heterocycles. The molecular weight excluding hydrogens is 306 g/mol. The van der Waals surface area contributed by atoms with Gasteiger partial charge < -0.3 is 24.5 Å². The molecule has 1 heterocycles. The number of hydrogen-bond donors (Lipinski definition) is 1. The zero-order chi connectivity index (χ0) is 17.8. The Balaban J connectivity index is 3.22. The average molecular weight is 331 g/mol. The van der Waals surface area contributed by atoms with Crippen molar-refractivity contribution >= 4 is 18.2 Å². The molecule has 8 nitrogen and oxygen atoms in total. The summed E-state index contributed by atoms with van der Waals surface area (Å²) in [5.74, 6) is -0.875. The first-order valence-corrected chi connectivity index (χ1v) is 7.60. The summed E-state index contributed by atoms with van der Waals surface area (Å²) in [4.78, 5) is 36.5.